The molecule has 0 amide bonds. The van der Waals surface area contributed by atoms with E-state index in [2.05, 4.69) is 237 Å². The summed E-state index contributed by atoms with van der Waals surface area (Å²) in [6.07, 6.45) is 0. The molecule has 0 unspecified atom stereocenters. The van der Waals surface area contributed by atoms with Crippen LogP contribution in [0.2, 0.25) is 0 Å². The molecule has 3 heteroatoms. The van der Waals surface area contributed by atoms with Crippen molar-refractivity contribution in [3.05, 3.63) is 237 Å². The van der Waals surface area contributed by atoms with Crippen molar-refractivity contribution >= 4 is 0 Å². The van der Waals surface area contributed by atoms with Gasteiger partial charge >= 0.3 is 0 Å². The number of hydrogen-bond donors (Lipinski definition) is 0. The van der Waals surface area contributed by atoms with E-state index in [0.717, 1.165) is 50.1 Å². The SMILES string of the molecule is c1ccc(-c2ccccc2-c2ccc(-c3nc(-c4ccc(-c5ccccc5-c5ccccc5)cc4)nc(-c4ccccc4-c4ccccc4-c4ccccc4)n3)cc2)cc1. The Morgan fingerprint density at radius 2 is 0.367 bits per heavy atom. The van der Waals surface area contributed by atoms with E-state index in [4.69, 9.17) is 15.0 Å². The van der Waals surface area contributed by atoms with Crippen LogP contribution in [0.4, 0.5) is 0 Å². The summed E-state index contributed by atoms with van der Waals surface area (Å²) in [7, 11) is 0. The number of nitrogens with zero attached hydrogens (tertiary/aromatic N) is 3. The van der Waals surface area contributed by atoms with Crippen molar-refractivity contribution in [1.82, 2.24) is 15.0 Å². The number of hydrogen-bond acceptors (Lipinski definition) is 3. The molecule has 0 radical (unpaired) electrons. The van der Waals surface area contributed by atoms with E-state index >= 15 is 0 Å². The van der Waals surface area contributed by atoms with Crippen molar-refractivity contribution in [2.75, 3.05) is 0 Å². The molecule has 3 nitrogen and oxygen atoms in total. The van der Waals surface area contributed by atoms with Crippen LogP contribution in [-0.4, -0.2) is 15.0 Å². The van der Waals surface area contributed by atoms with Gasteiger partial charge in [-0.3, -0.25) is 0 Å². The van der Waals surface area contributed by atoms with Gasteiger partial charge in [0.05, 0.1) is 0 Å². The first kappa shape index (κ1) is 36.3. The zero-order valence-electron chi connectivity index (χ0n) is 32.9. The maximum Gasteiger partial charge on any atom is 0.164 e. The fourth-order valence-electron chi connectivity index (χ4n) is 8.06. The second-order valence-electron chi connectivity index (χ2n) is 14.7. The molecule has 10 rings (SSSR count). The van der Waals surface area contributed by atoms with E-state index in [1.54, 1.807) is 0 Å². The molecule has 0 aliphatic heterocycles. The van der Waals surface area contributed by atoms with Crippen molar-refractivity contribution in [3.8, 4) is 101 Å². The lowest BCUT2D eigenvalue weighted by Gasteiger charge is -2.15. The molecule has 1 heterocycles. The zero-order chi connectivity index (χ0) is 40.1. The Kier molecular flexibility index (Phi) is 9.97. The molecule has 0 atom stereocenters. The average molecular weight is 766 g/mol. The van der Waals surface area contributed by atoms with Gasteiger partial charge in [0.15, 0.2) is 17.5 Å². The quantitative estimate of drug-likeness (QED) is 0.147. The van der Waals surface area contributed by atoms with Crippen molar-refractivity contribution in [2.45, 2.75) is 0 Å². The largest absolute Gasteiger partial charge is 0.208 e. The fraction of sp³-hybridized carbons (Fsp3) is 0. The van der Waals surface area contributed by atoms with Crippen LogP contribution in [-0.2, 0) is 0 Å². The number of aromatic nitrogens is 3. The number of benzene rings is 9. The molecule has 9 aromatic carbocycles. The minimum Gasteiger partial charge on any atom is -0.208 e. The topological polar surface area (TPSA) is 38.7 Å². The zero-order valence-corrected chi connectivity index (χ0v) is 32.9. The molecule has 282 valence electrons. The maximum absolute atomic E-state index is 5.24. The van der Waals surface area contributed by atoms with Crippen molar-refractivity contribution in [1.29, 1.82) is 0 Å². The van der Waals surface area contributed by atoms with Crippen LogP contribution in [0.25, 0.3) is 101 Å². The van der Waals surface area contributed by atoms with Crippen LogP contribution in [0.3, 0.4) is 0 Å². The second kappa shape index (κ2) is 16.5. The van der Waals surface area contributed by atoms with Crippen molar-refractivity contribution in [3.63, 3.8) is 0 Å². The predicted octanol–water partition coefficient (Wildman–Crippen LogP) is 14.9. The summed E-state index contributed by atoms with van der Waals surface area (Å²) < 4.78 is 0. The molecule has 1 aromatic heterocycles. The maximum atomic E-state index is 5.24. The van der Waals surface area contributed by atoms with Gasteiger partial charge in [-0.05, 0) is 66.8 Å². The van der Waals surface area contributed by atoms with Gasteiger partial charge in [-0.25, -0.2) is 15.0 Å². The van der Waals surface area contributed by atoms with Crippen LogP contribution in [0.15, 0.2) is 237 Å². The van der Waals surface area contributed by atoms with Gasteiger partial charge in [0, 0.05) is 16.7 Å². The lowest BCUT2D eigenvalue weighted by atomic mass is 9.91. The highest BCUT2D eigenvalue weighted by Crippen LogP contribution is 2.39. The summed E-state index contributed by atoms with van der Waals surface area (Å²) >= 11 is 0. The smallest absolute Gasteiger partial charge is 0.164 e. The fourth-order valence-corrected chi connectivity index (χ4v) is 8.06. The molecule has 0 N–H and O–H groups in total. The second-order valence-corrected chi connectivity index (χ2v) is 14.7. The lowest BCUT2D eigenvalue weighted by molar-refractivity contribution is 1.07. The van der Waals surface area contributed by atoms with Gasteiger partial charge in [0.1, 0.15) is 0 Å². The predicted molar refractivity (Wildman–Crippen MR) is 249 cm³/mol. The normalized spacial score (nSPS) is 11.0. The summed E-state index contributed by atoms with van der Waals surface area (Å²) in [4.78, 5) is 15.7. The third kappa shape index (κ3) is 7.32. The summed E-state index contributed by atoms with van der Waals surface area (Å²) in [5.74, 6) is 1.84. The third-order valence-electron chi connectivity index (χ3n) is 11.0. The van der Waals surface area contributed by atoms with Gasteiger partial charge in [-0.2, -0.15) is 0 Å². The Labute approximate surface area is 351 Å². The molecular formula is C57H39N3. The molecule has 60 heavy (non-hydrogen) atoms. The highest BCUT2D eigenvalue weighted by Gasteiger charge is 2.18. The monoisotopic (exact) mass is 765 g/mol. The Balaban J connectivity index is 1.09. The lowest BCUT2D eigenvalue weighted by Crippen LogP contribution is -2.01. The Bertz CT molecular complexity index is 2900. The highest BCUT2D eigenvalue weighted by atomic mass is 15.0. The first-order chi connectivity index (χ1) is 29.8. The van der Waals surface area contributed by atoms with Crippen LogP contribution < -0.4 is 0 Å². The van der Waals surface area contributed by atoms with E-state index in [9.17, 15) is 0 Å². The van der Waals surface area contributed by atoms with Crippen LogP contribution >= 0.6 is 0 Å². The van der Waals surface area contributed by atoms with E-state index in [0.29, 0.717) is 17.5 Å². The molecule has 0 spiro atoms. The standard InChI is InChI=1S/C57H39N3/c1-4-18-40(19-5-1)47-24-10-12-26-49(47)43-32-36-45(37-33-43)55-58-56(46-38-34-44(35-39-46)50-27-13-11-25-48(50)41-20-6-2-7-21-41)60-57(59-55)54-31-17-16-30-53(54)52-29-15-14-28-51(52)42-22-8-3-9-23-42/h1-39H. The first-order valence-corrected chi connectivity index (χ1v) is 20.3. The first-order valence-electron chi connectivity index (χ1n) is 20.3. The van der Waals surface area contributed by atoms with Gasteiger partial charge in [-0.1, -0.05) is 237 Å². The van der Waals surface area contributed by atoms with Gasteiger partial charge in [0.25, 0.3) is 0 Å². The molecule has 0 saturated carbocycles. The summed E-state index contributed by atoms with van der Waals surface area (Å²) in [5.41, 5.74) is 16.6. The third-order valence-corrected chi connectivity index (χ3v) is 11.0. The molecule has 10 aromatic rings. The minimum absolute atomic E-state index is 0.613. The average Bonchev–Trinajstić information content (AvgIpc) is 3.35. The van der Waals surface area contributed by atoms with E-state index < -0.39 is 0 Å². The highest BCUT2D eigenvalue weighted by molar-refractivity contribution is 5.91. The van der Waals surface area contributed by atoms with E-state index in [-0.39, 0.29) is 0 Å². The Hall–Kier alpha value is -8.01. The van der Waals surface area contributed by atoms with Gasteiger partial charge < -0.3 is 0 Å². The molecule has 0 aliphatic rings. The van der Waals surface area contributed by atoms with Crippen molar-refractivity contribution in [2.24, 2.45) is 0 Å². The molecular weight excluding hydrogens is 727 g/mol. The Morgan fingerprint density at radius 3 is 0.717 bits per heavy atom. The van der Waals surface area contributed by atoms with Crippen LogP contribution in [0, 0.1) is 0 Å². The van der Waals surface area contributed by atoms with E-state index in [1.165, 1.54) is 33.4 Å². The van der Waals surface area contributed by atoms with Crippen molar-refractivity contribution < 1.29 is 0 Å². The minimum atomic E-state index is 0.613. The molecule has 0 aliphatic carbocycles. The van der Waals surface area contributed by atoms with Gasteiger partial charge in [-0.15, -0.1) is 0 Å². The van der Waals surface area contributed by atoms with Crippen LogP contribution in [0.5, 0.6) is 0 Å². The molecule has 0 bridgehead atoms. The number of rotatable bonds is 9. The molecule has 0 saturated heterocycles. The summed E-state index contributed by atoms with van der Waals surface area (Å²) in [6, 6.07) is 82.9. The summed E-state index contributed by atoms with van der Waals surface area (Å²) in [6.45, 7) is 0. The summed E-state index contributed by atoms with van der Waals surface area (Å²) in [5, 5.41) is 0. The van der Waals surface area contributed by atoms with Crippen LogP contribution in [0.1, 0.15) is 0 Å². The Morgan fingerprint density at radius 1 is 0.150 bits per heavy atom. The van der Waals surface area contributed by atoms with Gasteiger partial charge in [0.2, 0.25) is 0 Å². The van der Waals surface area contributed by atoms with E-state index in [1.807, 2.05) is 0 Å². The molecule has 0 fully saturated rings.